The molecule has 0 amide bonds. The minimum Gasteiger partial charge on any atom is -0.310 e. The largest absolute Gasteiger partial charge is 0.310 e. The molecule has 4 heteroatoms. The number of benzene rings is 1. The molecule has 2 rings (SSSR count). The van der Waals surface area contributed by atoms with E-state index in [0.717, 1.165) is 19.4 Å². The van der Waals surface area contributed by atoms with Crippen LogP contribution in [0.1, 0.15) is 44.2 Å². The zero-order chi connectivity index (χ0) is 13.1. The van der Waals surface area contributed by atoms with Crippen LogP contribution in [0.15, 0.2) is 16.6 Å². The lowest BCUT2D eigenvalue weighted by Crippen LogP contribution is -2.23. The molecule has 1 unspecified atom stereocenters. The van der Waals surface area contributed by atoms with Crippen LogP contribution in [-0.2, 0) is 0 Å². The first-order chi connectivity index (χ1) is 8.61. The Bertz CT molecular complexity index is 419. The van der Waals surface area contributed by atoms with Crippen LogP contribution in [0.25, 0.3) is 0 Å². The summed E-state index contributed by atoms with van der Waals surface area (Å²) in [7, 11) is 0. The number of rotatable bonds is 6. The normalized spacial score (nSPS) is 16.9. The maximum atomic E-state index is 13.9. The summed E-state index contributed by atoms with van der Waals surface area (Å²) in [5.41, 5.74) is 0.455. The molecule has 0 aliphatic heterocycles. The van der Waals surface area contributed by atoms with Crippen molar-refractivity contribution in [2.45, 2.75) is 38.6 Å². The average Bonchev–Trinajstić information content (AvgIpc) is 3.13. The van der Waals surface area contributed by atoms with Gasteiger partial charge in [0.2, 0.25) is 0 Å². The summed E-state index contributed by atoms with van der Waals surface area (Å²) in [6.07, 6.45) is 4.32. The predicted molar refractivity (Wildman–Crippen MR) is 72.4 cm³/mol. The van der Waals surface area contributed by atoms with Gasteiger partial charge in [-0.1, -0.05) is 19.8 Å². The molecular formula is C14H18BrF2N. The lowest BCUT2D eigenvalue weighted by Gasteiger charge is -2.20. The van der Waals surface area contributed by atoms with Crippen molar-refractivity contribution in [3.8, 4) is 0 Å². The second kappa shape index (κ2) is 6.11. The van der Waals surface area contributed by atoms with Crippen molar-refractivity contribution in [3.05, 3.63) is 33.8 Å². The van der Waals surface area contributed by atoms with Crippen LogP contribution in [0, 0.1) is 17.6 Å². The SMILES string of the molecule is CCCNC(CC1CC1)c1cc(F)c(Br)cc1F. The van der Waals surface area contributed by atoms with Gasteiger partial charge in [0, 0.05) is 11.6 Å². The Hall–Kier alpha value is -0.480. The summed E-state index contributed by atoms with van der Waals surface area (Å²) in [4.78, 5) is 0. The number of hydrogen-bond acceptors (Lipinski definition) is 1. The highest BCUT2D eigenvalue weighted by atomic mass is 79.9. The number of halogens is 3. The average molecular weight is 318 g/mol. The molecular weight excluding hydrogens is 300 g/mol. The van der Waals surface area contributed by atoms with E-state index in [4.69, 9.17) is 0 Å². The Balaban J connectivity index is 2.19. The minimum absolute atomic E-state index is 0.0694. The summed E-state index contributed by atoms with van der Waals surface area (Å²) >= 11 is 3.01. The van der Waals surface area contributed by atoms with Gasteiger partial charge in [0.15, 0.2) is 0 Å². The minimum atomic E-state index is -0.398. The van der Waals surface area contributed by atoms with Crippen LogP contribution in [0.2, 0.25) is 0 Å². The van der Waals surface area contributed by atoms with Gasteiger partial charge in [-0.15, -0.1) is 0 Å². The van der Waals surface area contributed by atoms with E-state index in [1.807, 2.05) is 0 Å². The molecule has 1 aliphatic carbocycles. The summed E-state index contributed by atoms with van der Waals surface area (Å²) in [6, 6.07) is 2.47. The van der Waals surface area contributed by atoms with E-state index in [-0.39, 0.29) is 16.3 Å². The van der Waals surface area contributed by atoms with Crippen molar-refractivity contribution >= 4 is 15.9 Å². The molecule has 0 aromatic heterocycles. The third-order valence-electron chi connectivity index (χ3n) is 3.32. The fourth-order valence-corrected chi connectivity index (χ4v) is 2.45. The van der Waals surface area contributed by atoms with E-state index in [2.05, 4.69) is 28.2 Å². The Morgan fingerprint density at radius 1 is 1.33 bits per heavy atom. The molecule has 1 nitrogen and oxygen atoms in total. The van der Waals surface area contributed by atoms with Crippen LogP contribution < -0.4 is 5.32 Å². The molecule has 18 heavy (non-hydrogen) atoms. The molecule has 0 spiro atoms. The second-order valence-electron chi connectivity index (χ2n) is 4.97. The smallest absolute Gasteiger partial charge is 0.137 e. The van der Waals surface area contributed by atoms with Gasteiger partial charge >= 0.3 is 0 Å². The molecule has 0 bridgehead atoms. The number of nitrogens with one attached hydrogen (secondary N) is 1. The third kappa shape index (κ3) is 3.51. The van der Waals surface area contributed by atoms with Crippen molar-refractivity contribution < 1.29 is 8.78 Å². The molecule has 1 aromatic carbocycles. The van der Waals surface area contributed by atoms with E-state index in [0.29, 0.717) is 11.5 Å². The highest BCUT2D eigenvalue weighted by molar-refractivity contribution is 9.10. The van der Waals surface area contributed by atoms with Crippen LogP contribution in [0.5, 0.6) is 0 Å². The van der Waals surface area contributed by atoms with Gasteiger partial charge in [-0.25, -0.2) is 8.78 Å². The monoisotopic (exact) mass is 317 g/mol. The van der Waals surface area contributed by atoms with Crippen molar-refractivity contribution in [3.63, 3.8) is 0 Å². The first-order valence-corrected chi connectivity index (χ1v) is 7.29. The first kappa shape index (κ1) is 13.9. The van der Waals surface area contributed by atoms with Gasteiger partial charge in [-0.2, -0.15) is 0 Å². The molecule has 1 N–H and O–H groups in total. The first-order valence-electron chi connectivity index (χ1n) is 6.49. The Kier molecular flexibility index (Phi) is 4.73. The van der Waals surface area contributed by atoms with Crippen LogP contribution in [-0.4, -0.2) is 6.54 Å². The molecule has 1 saturated carbocycles. The molecule has 0 heterocycles. The fraction of sp³-hybridized carbons (Fsp3) is 0.571. The third-order valence-corrected chi connectivity index (χ3v) is 3.93. The standard InChI is InChI=1S/C14H18BrF2N/c1-2-5-18-14(6-9-3-4-9)10-7-13(17)11(15)8-12(10)16/h7-9,14,18H,2-6H2,1H3. The number of hydrogen-bond donors (Lipinski definition) is 1. The Morgan fingerprint density at radius 2 is 2.06 bits per heavy atom. The lowest BCUT2D eigenvalue weighted by atomic mass is 10.00. The molecule has 100 valence electrons. The van der Waals surface area contributed by atoms with E-state index >= 15 is 0 Å². The van der Waals surface area contributed by atoms with Gasteiger partial charge in [-0.3, -0.25) is 0 Å². The van der Waals surface area contributed by atoms with Crippen molar-refractivity contribution in [1.82, 2.24) is 5.32 Å². The molecule has 1 aromatic rings. The van der Waals surface area contributed by atoms with Crippen molar-refractivity contribution in [1.29, 1.82) is 0 Å². The summed E-state index contributed by atoms with van der Waals surface area (Å²) in [5, 5.41) is 3.32. The molecule has 1 aliphatic rings. The quantitative estimate of drug-likeness (QED) is 0.758. The lowest BCUT2D eigenvalue weighted by molar-refractivity contribution is 0.449. The highest BCUT2D eigenvalue weighted by Gasteiger charge is 2.27. The maximum Gasteiger partial charge on any atom is 0.137 e. The zero-order valence-corrected chi connectivity index (χ0v) is 12.1. The van der Waals surface area contributed by atoms with Gasteiger partial charge in [0.05, 0.1) is 4.47 Å². The van der Waals surface area contributed by atoms with Crippen molar-refractivity contribution in [2.24, 2.45) is 5.92 Å². The summed E-state index contributed by atoms with van der Waals surface area (Å²) < 4.78 is 27.7. The topological polar surface area (TPSA) is 12.0 Å². The molecule has 0 saturated heterocycles. The Labute approximate surface area is 115 Å². The molecule has 1 atom stereocenters. The predicted octanol–water partition coefficient (Wildman–Crippen LogP) is 4.57. The van der Waals surface area contributed by atoms with Gasteiger partial charge in [-0.05, 0) is 53.4 Å². The highest BCUT2D eigenvalue weighted by Crippen LogP contribution is 2.38. The van der Waals surface area contributed by atoms with E-state index in [9.17, 15) is 8.78 Å². The van der Waals surface area contributed by atoms with E-state index < -0.39 is 5.82 Å². The maximum absolute atomic E-state index is 13.9. The van der Waals surface area contributed by atoms with Gasteiger partial charge in [0.25, 0.3) is 0 Å². The Morgan fingerprint density at radius 3 is 2.67 bits per heavy atom. The molecule has 0 radical (unpaired) electrons. The zero-order valence-electron chi connectivity index (χ0n) is 10.5. The van der Waals surface area contributed by atoms with E-state index in [1.54, 1.807) is 0 Å². The van der Waals surface area contributed by atoms with Gasteiger partial charge in [0.1, 0.15) is 11.6 Å². The van der Waals surface area contributed by atoms with Crippen LogP contribution >= 0.6 is 15.9 Å². The van der Waals surface area contributed by atoms with Crippen molar-refractivity contribution in [2.75, 3.05) is 6.54 Å². The van der Waals surface area contributed by atoms with Gasteiger partial charge < -0.3 is 5.32 Å². The molecule has 1 fully saturated rings. The van der Waals surface area contributed by atoms with Crippen LogP contribution in [0.3, 0.4) is 0 Å². The fourth-order valence-electron chi connectivity index (χ4n) is 2.13. The second-order valence-corrected chi connectivity index (χ2v) is 5.83. The van der Waals surface area contributed by atoms with E-state index in [1.165, 1.54) is 25.0 Å². The summed E-state index contributed by atoms with van der Waals surface area (Å²) in [5.74, 6) is -0.0616. The van der Waals surface area contributed by atoms with Crippen LogP contribution in [0.4, 0.5) is 8.78 Å². The summed E-state index contributed by atoms with van der Waals surface area (Å²) in [6.45, 7) is 2.90.